The van der Waals surface area contributed by atoms with Crippen LogP contribution in [0.25, 0.3) is 0 Å². The van der Waals surface area contributed by atoms with E-state index in [1.165, 1.54) is 46.0 Å². The summed E-state index contributed by atoms with van der Waals surface area (Å²) >= 11 is 0. The second-order valence-corrected chi connectivity index (χ2v) is 4.17. The van der Waals surface area contributed by atoms with E-state index < -0.39 is 0 Å². The second-order valence-electron chi connectivity index (χ2n) is 4.17. The monoisotopic (exact) mass is 197 g/mol. The van der Waals surface area contributed by atoms with E-state index in [0.29, 0.717) is 0 Å². The molecular formula is C12H23NO. The van der Waals surface area contributed by atoms with E-state index in [-0.39, 0.29) is 5.78 Å². The normalized spacial score (nSPS) is 16.5. The highest BCUT2D eigenvalue weighted by Gasteiger charge is 2.11. The minimum absolute atomic E-state index is 0.167. The standard InChI is InChI=1S/C9H17N.C3H6O/c1-8(2)10-9-6-4-3-5-7-9;1-3(2)4/h9-10H,1,3-7H2,2H3;1-2H3. The molecule has 2 nitrogen and oxygen atoms in total. The molecule has 0 spiro atoms. The Kier molecular flexibility index (Phi) is 7.17. The predicted octanol–water partition coefficient (Wildman–Crippen LogP) is 3.04. The van der Waals surface area contributed by atoms with Gasteiger partial charge in [-0.1, -0.05) is 25.8 Å². The molecule has 0 aromatic heterocycles. The molecule has 1 N–H and O–H groups in total. The molecule has 0 amide bonds. The third-order valence-corrected chi connectivity index (χ3v) is 2.06. The number of hydrogen-bond donors (Lipinski definition) is 1. The van der Waals surface area contributed by atoms with Crippen molar-refractivity contribution in [2.24, 2.45) is 0 Å². The van der Waals surface area contributed by atoms with Crippen LogP contribution in [0.5, 0.6) is 0 Å². The van der Waals surface area contributed by atoms with E-state index in [2.05, 4.69) is 11.9 Å². The van der Waals surface area contributed by atoms with Crippen LogP contribution in [0.2, 0.25) is 0 Å². The average molecular weight is 197 g/mol. The third kappa shape index (κ3) is 9.30. The molecule has 0 bridgehead atoms. The summed E-state index contributed by atoms with van der Waals surface area (Å²) in [7, 11) is 0. The van der Waals surface area contributed by atoms with Crippen molar-refractivity contribution in [3.05, 3.63) is 12.3 Å². The zero-order valence-corrected chi connectivity index (χ0v) is 9.73. The van der Waals surface area contributed by atoms with E-state index in [9.17, 15) is 4.79 Å². The molecule has 0 saturated heterocycles. The van der Waals surface area contributed by atoms with Gasteiger partial charge in [0.25, 0.3) is 0 Å². The molecule has 14 heavy (non-hydrogen) atoms. The minimum atomic E-state index is 0.167. The summed E-state index contributed by atoms with van der Waals surface area (Å²) in [4.78, 5) is 9.44. The van der Waals surface area contributed by atoms with E-state index in [1.807, 2.05) is 6.92 Å². The summed E-state index contributed by atoms with van der Waals surface area (Å²) in [6.45, 7) is 8.93. The third-order valence-electron chi connectivity index (χ3n) is 2.06. The fourth-order valence-electron chi connectivity index (χ4n) is 1.60. The first kappa shape index (κ1) is 13.2. The summed E-state index contributed by atoms with van der Waals surface area (Å²) in [5.41, 5.74) is 1.12. The summed E-state index contributed by atoms with van der Waals surface area (Å²) in [5, 5.41) is 3.39. The van der Waals surface area contributed by atoms with Crippen LogP contribution < -0.4 is 5.32 Å². The Morgan fingerprint density at radius 1 is 1.14 bits per heavy atom. The molecule has 0 heterocycles. The maximum atomic E-state index is 9.44. The van der Waals surface area contributed by atoms with Crippen molar-refractivity contribution >= 4 is 5.78 Å². The zero-order valence-electron chi connectivity index (χ0n) is 9.73. The van der Waals surface area contributed by atoms with Crippen molar-refractivity contribution in [1.82, 2.24) is 5.32 Å². The van der Waals surface area contributed by atoms with Gasteiger partial charge in [-0.2, -0.15) is 0 Å². The fraction of sp³-hybridized carbons (Fsp3) is 0.750. The maximum absolute atomic E-state index is 9.44. The Morgan fingerprint density at radius 3 is 1.93 bits per heavy atom. The molecule has 1 rings (SSSR count). The van der Waals surface area contributed by atoms with Crippen LogP contribution in [0.15, 0.2) is 12.3 Å². The quantitative estimate of drug-likeness (QED) is 0.737. The van der Waals surface area contributed by atoms with E-state index in [0.717, 1.165) is 11.7 Å². The van der Waals surface area contributed by atoms with Crippen LogP contribution in [0.1, 0.15) is 52.9 Å². The second kappa shape index (κ2) is 7.60. The van der Waals surface area contributed by atoms with Crippen molar-refractivity contribution < 1.29 is 4.79 Å². The van der Waals surface area contributed by atoms with Gasteiger partial charge in [-0.25, -0.2) is 0 Å². The van der Waals surface area contributed by atoms with Gasteiger partial charge in [0.1, 0.15) is 5.78 Å². The number of Topliss-reactive ketones (excluding diaryl/α,β-unsaturated/α-hetero) is 1. The first-order valence-corrected chi connectivity index (χ1v) is 5.41. The SMILES string of the molecule is C=C(C)NC1CCCCC1.CC(C)=O. The van der Waals surface area contributed by atoms with Crippen LogP contribution in [0.4, 0.5) is 0 Å². The molecule has 2 heteroatoms. The number of nitrogens with one attached hydrogen (secondary N) is 1. The van der Waals surface area contributed by atoms with Crippen LogP contribution in [-0.2, 0) is 4.79 Å². The Hall–Kier alpha value is -0.790. The van der Waals surface area contributed by atoms with Gasteiger partial charge >= 0.3 is 0 Å². The molecule has 0 aliphatic heterocycles. The van der Waals surface area contributed by atoms with Crippen molar-refractivity contribution in [2.45, 2.75) is 58.9 Å². The number of ketones is 1. The molecule has 1 aliphatic rings. The van der Waals surface area contributed by atoms with Crippen LogP contribution in [0, 0.1) is 0 Å². The van der Waals surface area contributed by atoms with Gasteiger partial charge in [-0.3, -0.25) is 0 Å². The van der Waals surface area contributed by atoms with Crippen molar-refractivity contribution in [2.75, 3.05) is 0 Å². The lowest BCUT2D eigenvalue weighted by Gasteiger charge is -2.23. The van der Waals surface area contributed by atoms with Gasteiger partial charge in [0, 0.05) is 11.7 Å². The summed E-state index contributed by atoms with van der Waals surface area (Å²) in [6, 6.07) is 0.728. The minimum Gasteiger partial charge on any atom is -0.386 e. The Labute approximate surface area is 87.8 Å². The van der Waals surface area contributed by atoms with Crippen molar-refractivity contribution in [3.63, 3.8) is 0 Å². The molecule has 82 valence electrons. The number of hydrogen-bond acceptors (Lipinski definition) is 2. The van der Waals surface area contributed by atoms with Crippen molar-refractivity contribution in [3.8, 4) is 0 Å². The van der Waals surface area contributed by atoms with Gasteiger partial charge in [0.05, 0.1) is 0 Å². The molecule has 0 aromatic carbocycles. The summed E-state index contributed by atoms with van der Waals surface area (Å²) < 4.78 is 0. The molecule has 0 atom stereocenters. The van der Waals surface area contributed by atoms with Gasteiger partial charge < -0.3 is 10.1 Å². The lowest BCUT2D eigenvalue weighted by Crippen LogP contribution is -2.28. The predicted molar refractivity (Wildman–Crippen MR) is 61.2 cm³/mol. The lowest BCUT2D eigenvalue weighted by molar-refractivity contribution is -0.114. The van der Waals surface area contributed by atoms with E-state index in [1.54, 1.807) is 0 Å². The smallest absolute Gasteiger partial charge is 0.126 e. The molecule has 0 radical (unpaired) electrons. The number of allylic oxidation sites excluding steroid dienone is 1. The first-order chi connectivity index (χ1) is 6.52. The summed E-state index contributed by atoms with van der Waals surface area (Å²) in [6.07, 6.45) is 6.89. The Bertz CT molecular complexity index is 177. The van der Waals surface area contributed by atoms with Gasteiger partial charge in [0.15, 0.2) is 0 Å². The first-order valence-electron chi connectivity index (χ1n) is 5.41. The number of carbonyl (C=O) groups excluding carboxylic acids is 1. The molecular weight excluding hydrogens is 174 g/mol. The number of carbonyl (C=O) groups is 1. The highest BCUT2D eigenvalue weighted by atomic mass is 16.1. The Balaban J connectivity index is 0.000000364. The van der Waals surface area contributed by atoms with Crippen molar-refractivity contribution in [1.29, 1.82) is 0 Å². The van der Waals surface area contributed by atoms with E-state index in [4.69, 9.17) is 0 Å². The molecule has 1 saturated carbocycles. The molecule has 0 unspecified atom stereocenters. The van der Waals surface area contributed by atoms with Crippen LogP contribution in [0.3, 0.4) is 0 Å². The van der Waals surface area contributed by atoms with Gasteiger partial charge in [0.2, 0.25) is 0 Å². The highest BCUT2D eigenvalue weighted by molar-refractivity contribution is 5.72. The number of rotatable bonds is 2. The molecule has 1 fully saturated rings. The fourth-order valence-corrected chi connectivity index (χ4v) is 1.60. The van der Waals surface area contributed by atoms with Gasteiger partial charge in [-0.15, -0.1) is 0 Å². The highest BCUT2D eigenvalue weighted by Crippen LogP contribution is 2.17. The lowest BCUT2D eigenvalue weighted by atomic mass is 9.95. The summed E-state index contributed by atoms with van der Waals surface area (Å²) in [5.74, 6) is 0.167. The molecule has 1 aliphatic carbocycles. The molecule has 0 aromatic rings. The van der Waals surface area contributed by atoms with Gasteiger partial charge in [-0.05, 0) is 33.6 Å². The Morgan fingerprint density at radius 2 is 1.57 bits per heavy atom. The maximum Gasteiger partial charge on any atom is 0.126 e. The van der Waals surface area contributed by atoms with Crippen LogP contribution >= 0.6 is 0 Å². The zero-order chi connectivity index (χ0) is 11.0. The average Bonchev–Trinajstić information content (AvgIpc) is 2.03. The largest absolute Gasteiger partial charge is 0.386 e. The topological polar surface area (TPSA) is 29.1 Å². The van der Waals surface area contributed by atoms with Crippen LogP contribution in [-0.4, -0.2) is 11.8 Å². The van der Waals surface area contributed by atoms with E-state index >= 15 is 0 Å².